The van der Waals surface area contributed by atoms with Crippen molar-refractivity contribution >= 4 is 11.9 Å². The van der Waals surface area contributed by atoms with Crippen LogP contribution in [0.3, 0.4) is 0 Å². The summed E-state index contributed by atoms with van der Waals surface area (Å²) in [6.07, 6.45) is 0. The number of para-hydroxylation sites is 2. The third kappa shape index (κ3) is 16.3. The van der Waals surface area contributed by atoms with Crippen LogP contribution in [0.25, 0.3) is 0 Å². The van der Waals surface area contributed by atoms with E-state index in [2.05, 4.69) is 10.6 Å². The maximum Gasteiger partial charge on any atom is 2.00 e. The van der Waals surface area contributed by atoms with Gasteiger partial charge in [-0.15, -0.1) is 11.5 Å². The van der Waals surface area contributed by atoms with Gasteiger partial charge < -0.3 is 57.1 Å². The van der Waals surface area contributed by atoms with Crippen LogP contribution in [-0.4, -0.2) is 40.5 Å². The van der Waals surface area contributed by atoms with E-state index in [4.69, 9.17) is 0 Å². The molecule has 0 aliphatic rings. The van der Waals surface area contributed by atoms with Crippen molar-refractivity contribution in [2.45, 2.75) is 52.9 Å². The van der Waals surface area contributed by atoms with Gasteiger partial charge in [0.2, 0.25) is 0 Å². The summed E-state index contributed by atoms with van der Waals surface area (Å²) in [4.78, 5) is 21.6. The minimum atomic E-state index is -1.14. The summed E-state index contributed by atoms with van der Waals surface area (Å²) in [7, 11) is 0. The van der Waals surface area contributed by atoms with E-state index in [9.17, 15) is 30.0 Å². The zero-order valence-electron chi connectivity index (χ0n) is 20.9. The Labute approximate surface area is 238 Å². The van der Waals surface area contributed by atoms with Crippen LogP contribution in [0.5, 0.6) is 11.5 Å². The first-order valence-corrected chi connectivity index (χ1v) is 10.4. The molecule has 11 nitrogen and oxygen atoms in total. The van der Waals surface area contributed by atoms with Gasteiger partial charge in [-0.2, -0.15) is 0 Å². The van der Waals surface area contributed by atoms with Crippen molar-refractivity contribution in [2.75, 3.05) is 0 Å². The largest absolute Gasteiger partial charge is 2.00 e. The zero-order valence-corrected chi connectivity index (χ0v) is 22.8. The Bertz CT molecular complexity index is 815. The molecule has 0 bridgehead atoms. The molecule has 0 saturated heterocycles. The van der Waals surface area contributed by atoms with Crippen molar-refractivity contribution in [3.05, 3.63) is 59.7 Å². The quantitative estimate of drug-likeness (QED) is 0.254. The Hall–Kier alpha value is -2.18. The first-order valence-electron chi connectivity index (χ1n) is 10.4. The van der Waals surface area contributed by atoms with Crippen LogP contribution in [0.2, 0.25) is 0 Å². The molecular weight excluding hydrogens is 587 g/mol. The average Bonchev–Trinajstić information content (AvgIpc) is 2.70. The molecule has 2 aromatic rings. The van der Waals surface area contributed by atoms with Gasteiger partial charge in [0.15, 0.2) is 0 Å². The molecule has 0 spiro atoms. The van der Waals surface area contributed by atoms with Gasteiger partial charge in [-0.25, -0.2) is 0 Å². The smallest absolute Gasteiger partial charge is 0.872 e. The second-order valence-corrected chi connectivity index (χ2v) is 8.06. The zero-order chi connectivity index (χ0) is 24.3. The van der Waals surface area contributed by atoms with Crippen molar-refractivity contribution in [3.63, 3.8) is 0 Å². The Morgan fingerprint density at radius 3 is 1.14 bits per heavy atom. The number of hydrogen-bond donors (Lipinski definition) is 2. The maximum absolute atomic E-state index is 11.4. The summed E-state index contributed by atoms with van der Waals surface area (Å²) < 4.78 is 0. The van der Waals surface area contributed by atoms with Gasteiger partial charge in [0.1, 0.15) is 0 Å². The SMILES string of the molecule is CC(C)[C@H](NCc1ccccc1[O-])C(=O)[O-].CC(C)[C@H](NCc1ccccc1[O-])C(=O)[O-].O.O.O.[Cu+2].[Cu+2]. The molecule has 2 rings (SSSR count). The standard InChI is InChI=1S/2C12H17NO3.2Cu.3H2O/c2*1-8(2)11(12(15)16)13-7-9-5-3-4-6-10(9)14;;;;;/h2*3-6,8,11,13-14H,7H2,1-2H3,(H,15,16);;;3*1H2/q;;2*+2;;;/p-4/t2*11-;;;;;/m00...../s1. The molecule has 37 heavy (non-hydrogen) atoms. The molecule has 13 heteroatoms. The average molecular weight is 624 g/mol. The van der Waals surface area contributed by atoms with E-state index in [-0.39, 0.29) is 87.0 Å². The summed E-state index contributed by atoms with van der Waals surface area (Å²) >= 11 is 0. The van der Waals surface area contributed by atoms with Crippen LogP contribution < -0.4 is 31.1 Å². The summed E-state index contributed by atoms with van der Waals surface area (Å²) in [5, 5.41) is 50.0. The summed E-state index contributed by atoms with van der Waals surface area (Å²) in [5.74, 6) is -2.61. The van der Waals surface area contributed by atoms with Gasteiger partial charge in [-0.3, -0.25) is 0 Å². The van der Waals surface area contributed by atoms with E-state index >= 15 is 0 Å². The van der Waals surface area contributed by atoms with E-state index < -0.39 is 24.0 Å². The van der Waals surface area contributed by atoms with Gasteiger partial charge in [-0.05, 0) is 23.0 Å². The van der Waals surface area contributed by atoms with Crippen molar-refractivity contribution in [2.24, 2.45) is 11.8 Å². The number of benzene rings is 2. The van der Waals surface area contributed by atoms with Gasteiger partial charge >= 0.3 is 34.1 Å². The molecule has 2 aromatic carbocycles. The summed E-state index contributed by atoms with van der Waals surface area (Å²) in [6, 6.07) is 11.6. The molecule has 8 N–H and O–H groups in total. The number of nitrogens with one attached hydrogen (secondary N) is 2. The number of hydrogen-bond acceptors (Lipinski definition) is 8. The molecule has 0 heterocycles. The van der Waals surface area contributed by atoms with Crippen LogP contribution >= 0.6 is 0 Å². The molecule has 2 radical (unpaired) electrons. The normalized spacial score (nSPS) is 11.0. The molecule has 0 fully saturated rings. The van der Waals surface area contributed by atoms with Crippen LogP contribution in [0, 0.1) is 11.8 Å². The number of carboxylic acid groups (broad SMARTS) is 2. The van der Waals surface area contributed by atoms with Crippen LogP contribution in [0.1, 0.15) is 38.8 Å². The number of rotatable bonds is 10. The maximum atomic E-state index is 11.4. The van der Waals surface area contributed by atoms with Gasteiger partial charge in [0, 0.05) is 25.2 Å². The second-order valence-electron chi connectivity index (χ2n) is 8.06. The van der Waals surface area contributed by atoms with Crippen LogP contribution in [0.4, 0.5) is 0 Å². The fourth-order valence-corrected chi connectivity index (χ4v) is 2.92. The third-order valence-electron chi connectivity index (χ3n) is 4.81. The van der Waals surface area contributed by atoms with Gasteiger partial charge in [0.25, 0.3) is 0 Å². The number of carboxylic acids is 2. The topological polar surface area (TPSA) is 245 Å². The molecule has 0 unspecified atom stereocenters. The number of carbonyl (C=O) groups is 2. The predicted octanol–water partition coefficient (Wildman–Crippen LogP) is -3.23. The first kappa shape index (κ1) is 44.8. The number of carbonyl (C=O) groups excluding carboxylic acids is 2. The first-order chi connectivity index (χ1) is 15.0. The Morgan fingerprint density at radius 1 is 0.649 bits per heavy atom. The second kappa shape index (κ2) is 23.0. The van der Waals surface area contributed by atoms with E-state index in [1.165, 1.54) is 12.1 Å². The summed E-state index contributed by atoms with van der Waals surface area (Å²) in [5.41, 5.74) is 1.13. The molecule has 0 aromatic heterocycles. The molecular formula is C24H36Cu2N2O9. The third-order valence-corrected chi connectivity index (χ3v) is 4.81. The van der Waals surface area contributed by atoms with Crippen molar-refractivity contribution in [3.8, 4) is 11.5 Å². The fraction of sp³-hybridized carbons (Fsp3) is 0.417. The molecule has 0 saturated carbocycles. The Morgan fingerprint density at radius 2 is 0.919 bits per heavy atom. The van der Waals surface area contributed by atoms with E-state index in [1.54, 1.807) is 64.1 Å². The Kier molecular flexibility index (Phi) is 27.8. The van der Waals surface area contributed by atoms with Crippen LogP contribution in [-0.2, 0) is 56.8 Å². The van der Waals surface area contributed by atoms with E-state index in [0.29, 0.717) is 11.1 Å². The predicted molar refractivity (Wildman–Crippen MR) is 124 cm³/mol. The molecule has 218 valence electrons. The molecule has 0 aliphatic carbocycles. The van der Waals surface area contributed by atoms with Gasteiger partial charge in [0.05, 0.1) is 11.9 Å². The van der Waals surface area contributed by atoms with Gasteiger partial charge in [-0.1, -0.05) is 76.2 Å². The molecule has 2 atom stereocenters. The monoisotopic (exact) mass is 622 g/mol. The molecule has 0 amide bonds. The minimum absolute atomic E-state index is 0. The fourth-order valence-electron chi connectivity index (χ4n) is 2.92. The Balaban J connectivity index is -0.000000163. The van der Waals surface area contributed by atoms with E-state index in [0.717, 1.165) is 0 Å². The summed E-state index contributed by atoms with van der Waals surface area (Å²) in [6.45, 7) is 7.65. The number of aliphatic carboxylic acids is 2. The van der Waals surface area contributed by atoms with Crippen LogP contribution in [0.15, 0.2) is 48.5 Å². The van der Waals surface area contributed by atoms with E-state index in [1.807, 2.05) is 0 Å². The van der Waals surface area contributed by atoms with Crippen molar-refractivity contribution in [1.82, 2.24) is 10.6 Å². The van der Waals surface area contributed by atoms with Crippen molar-refractivity contribution in [1.29, 1.82) is 0 Å². The minimum Gasteiger partial charge on any atom is -0.872 e. The molecule has 0 aliphatic heterocycles. The van der Waals surface area contributed by atoms with Crippen molar-refractivity contribution < 1.29 is 80.6 Å².